The molecule has 0 bridgehead atoms. The molecule has 112 valence electrons. The molecule has 0 fully saturated rings. The number of nitrogens with zero attached hydrogens (tertiary/aromatic N) is 1. The predicted molar refractivity (Wildman–Crippen MR) is 72.7 cm³/mol. The highest BCUT2D eigenvalue weighted by Gasteiger charge is 2.30. The average Bonchev–Trinajstić information content (AvgIpc) is 2.39. The van der Waals surface area contributed by atoms with Gasteiger partial charge < -0.3 is 4.90 Å². The third-order valence-corrected chi connectivity index (χ3v) is 3.20. The molecule has 0 saturated heterocycles. The number of amides is 1. The summed E-state index contributed by atoms with van der Waals surface area (Å²) >= 11 is 5.58. The van der Waals surface area contributed by atoms with Gasteiger partial charge in [-0.25, -0.2) is 0 Å². The largest absolute Gasteiger partial charge is 0.416 e. The second-order valence-electron chi connectivity index (χ2n) is 4.39. The molecule has 1 aromatic rings. The molecule has 6 heteroatoms. The summed E-state index contributed by atoms with van der Waals surface area (Å²) in [7, 11) is 0. The SMILES string of the molecule is CCN(CCCCl)C(=O)Cc1ccc(C(F)(F)F)cc1. The van der Waals surface area contributed by atoms with Gasteiger partial charge in [0, 0.05) is 19.0 Å². The van der Waals surface area contributed by atoms with Crippen LogP contribution in [0.1, 0.15) is 24.5 Å². The number of alkyl halides is 4. The van der Waals surface area contributed by atoms with Crippen LogP contribution in [0, 0.1) is 0 Å². The summed E-state index contributed by atoms with van der Waals surface area (Å²) in [5, 5.41) is 0. The maximum Gasteiger partial charge on any atom is 0.416 e. The van der Waals surface area contributed by atoms with E-state index in [4.69, 9.17) is 11.6 Å². The molecule has 20 heavy (non-hydrogen) atoms. The summed E-state index contributed by atoms with van der Waals surface area (Å²) in [6.45, 7) is 2.99. The van der Waals surface area contributed by atoms with Gasteiger partial charge in [0.2, 0.25) is 5.91 Å². The maximum atomic E-state index is 12.4. The number of benzene rings is 1. The number of halogens is 4. The smallest absolute Gasteiger partial charge is 0.343 e. The molecule has 0 aliphatic heterocycles. The molecule has 0 aliphatic carbocycles. The Morgan fingerprint density at radius 3 is 2.30 bits per heavy atom. The molecule has 2 nitrogen and oxygen atoms in total. The minimum Gasteiger partial charge on any atom is -0.343 e. The minimum absolute atomic E-state index is 0.0997. The van der Waals surface area contributed by atoms with Crippen LogP contribution in [-0.4, -0.2) is 29.8 Å². The summed E-state index contributed by atoms with van der Waals surface area (Å²) in [4.78, 5) is 13.6. The summed E-state index contributed by atoms with van der Waals surface area (Å²) in [6.07, 6.45) is -3.54. The van der Waals surface area contributed by atoms with Gasteiger partial charge in [0.25, 0.3) is 0 Å². The third kappa shape index (κ3) is 5.04. The van der Waals surface area contributed by atoms with Crippen molar-refractivity contribution in [2.24, 2.45) is 0 Å². The van der Waals surface area contributed by atoms with Gasteiger partial charge in [0.05, 0.1) is 12.0 Å². The highest BCUT2D eigenvalue weighted by atomic mass is 35.5. The summed E-state index contributed by atoms with van der Waals surface area (Å²) in [6, 6.07) is 4.68. The highest BCUT2D eigenvalue weighted by Crippen LogP contribution is 2.29. The van der Waals surface area contributed by atoms with Crippen molar-refractivity contribution in [3.63, 3.8) is 0 Å². The van der Waals surface area contributed by atoms with Gasteiger partial charge in [0.15, 0.2) is 0 Å². The van der Waals surface area contributed by atoms with Gasteiger partial charge in [-0.3, -0.25) is 4.79 Å². The predicted octanol–water partition coefficient (Wildman–Crippen LogP) is 3.73. The molecule has 0 saturated carbocycles. The van der Waals surface area contributed by atoms with Crippen molar-refractivity contribution >= 4 is 17.5 Å². The first kappa shape index (κ1) is 16.8. The van der Waals surface area contributed by atoms with Crippen LogP contribution in [0.15, 0.2) is 24.3 Å². The average molecular weight is 308 g/mol. The van der Waals surface area contributed by atoms with E-state index in [0.29, 0.717) is 31.0 Å². The first-order chi connectivity index (χ1) is 9.38. The lowest BCUT2D eigenvalue weighted by Crippen LogP contribution is -2.33. The molecule has 0 unspecified atom stereocenters. The third-order valence-electron chi connectivity index (χ3n) is 2.93. The van der Waals surface area contributed by atoms with Gasteiger partial charge in [-0.05, 0) is 31.0 Å². The van der Waals surface area contributed by atoms with Crippen molar-refractivity contribution in [1.29, 1.82) is 0 Å². The lowest BCUT2D eigenvalue weighted by molar-refractivity contribution is -0.137. The van der Waals surface area contributed by atoms with E-state index >= 15 is 0 Å². The Kier molecular flexibility index (Phi) is 6.33. The lowest BCUT2D eigenvalue weighted by Gasteiger charge is -2.20. The van der Waals surface area contributed by atoms with Crippen LogP contribution in [-0.2, 0) is 17.4 Å². The Bertz CT molecular complexity index is 431. The van der Waals surface area contributed by atoms with E-state index in [1.54, 1.807) is 4.90 Å². The van der Waals surface area contributed by atoms with Gasteiger partial charge >= 0.3 is 6.18 Å². The lowest BCUT2D eigenvalue weighted by atomic mass is 10.1. The molecule has 0 heterocycles. The van der Waals surface area contributed by atoms with Crippen molar-refractivity contribution in [2.75, 3.05) is 19.0 Å². The van der Waals surface area contributed by atoms with Crippen LogP contribution in [0.4, 0.5) is 13.2 Å². The quantitative estimate of drug-likeness (QED) is 0.733. The molecule has 1 rings (SSSR count). The number of rotatable bonds is 6. The normalized spacial score (nSPS) is 11.4. The first-order valence-electron chi connectivity index (χ1n) is 6.38. The number of hydrogen-bond acceptors (Lipinski definition) is 1. The number of hydrogen-bond donors (Lipinski definition) is 0. The molecule has 1 aromatic carbocycles. The number of carbonyl (C=O) groups excluding carboxylic acids is 1. The fourth-order valence-electron chi connectivity index (χ4n) is 1.81. The number of likely N-dealkylation sites (N-methyl/N-ethyl adjacent to an activating group) is 1. The van der Waals surface area contributed by atoms with Crippen molar-refractivity contribution in [3.05, 3.63) is 35.4 Å². The molecule has 0 atom stereocenters. The first-order valence-corrected chi connectivity index (χ1v) is 6.91. The fourth-order valence-corrected chi connectivity index (χ4v) is 1.93. The van der Waals surface area contributed by atoms with E-state index < -0.39 is 11.7 Å². The zero-order valence-electron chi connectivity index (χ0n) is 11.2. The van der Waals surface area contributed by atoms with E-state index in [1.807, 2.05) is 6.92 Å². The minimum atomic E-state index is -4.35. The Morgan fingerprint density at radius 2 is 1.85 bits per heavy atom. The Labute approximate surface area is 121 Å². The Balaban J connectivity index is 2.66. The van der Waals surface area contributed by atoms with Gasteiger partial charge in [-0.2, -0.15) is 13.2 Å². The fraction of sp³-hybridized carbons (Fsp3) is 0.500. The Hall–Kier alpha value is -1.23. The number of carbonyl (C=O) groups is 1. The van der Waals surface area contributed by atoms with E-state index in [0.717, 1.165) is 12.1 Å². The second-order valence-corrected chi connectivity index (χ2v) is 4.77. The van der Waals surface area contributed by atoms with Gasteiger partial charge in [0.1, 0.15) is 0 Å². The molecular weight excluding hydrogens is 291 g/mol. The standard InChI is InChI=1S/C14H17ClF3NO/c1-2-19(9-3-8-15)13(20)10-11-4-6-12(7-5-11)14(16,17)18/h4-7H,2-3,8-10H2,1H3. The van der Waals surface area contributed by atoms with E-state index in [-0.39, 0.29) is 12.3 Å². The molecule has 0 radical (unpaired) electrons. The molecule has 1 amide bonds. The van der Waals surface area contributed by atoms with Crippen molar-refractivity contribution in [3.8, 4) is 0 Å². The molecular formula is C14H17ClF3NO. The molecule has 0 aliphatic rings. The maximum absolute atomic E-state index is 12.4. The summed E-state index contributed by atoms with van der Waals surface area (Å²) < 4.78 is 37.2. The van der Waals surface area contributed by atoms with Crippen LogP contribution >= 0.6 is 11.6 Å². The highest BCUT2D eigenvalue weighted by molar-refractivity contribution is 6.17. The van der Waals surface area contributed by atoms with Crippen molar-refractivity contribution < 1.29 is 18.0 Å². The summed E-state index contributed by atoms with van der Waals surface area (Å²) in [5.74, 6) is 0.377. The Morgan fingerprint density at radius 1 is 1.25 bits per heavy atom. The van der Waals surface area contributed by atoms with Crippen LogP contribution in [0.5, 0.6) is 0 Å². The molecule has 0 aromatic heterocycles. The topological polar surface area (TPSA) is 20.3 Å². The van der Waals surface area contributed by atoms with Crippen molar-refractivity contribution in [1.82, 2.24) is 4.90 Å². The van der Waals surface area contributed by atoms with Crippen molar-refractivity contribution in [2.45, 2.75) is 25.9 Å². The van der Waals surface area contributed by atoms with Gasteiger partial charge in [-0.1, -0.05) is 12.1 Å². The van der Waals surface area contributed by atoms with Gasteiger partial charge in [-0.15, -0.1) is 11.6 Å². The molecule has 0 N–H and O–H groups in total. The second kappa shape index (κ2) is 7.53. The molecule has 0 spiro atoms. The van der Waals surface area contributed by atoms with E-state index in [1.165, 1.54) is 12.1 Å². The van der Waals surface area contributed by atoms with Crippen LogP contribution in [0.25, 0.3) is 0 Å². The van der Waals surface area contributed by atoms with E-state index in [2.05, 4.69) is 0 Å². The van der Waals surface area contributed by atoms with Crippen LogP contribution in [0.2, 0.25) is 0 Å². The summed E-state index contributed by atoms with van der Waals surface area (Å²) in [5.41, 5.74) is -0.129. The van der Waals surface area contributed by atoms with Crippen LogP contribution in [0.3, 0.4) is 0 Å². The zero-order valence-corrected chi connectivity index (χ0v) is 12.0. The van der Waals surface area contributed by atoms with Crippen LogP contribution < -0.4 is 0 Å². The zero-order chi connectivity index (χ0) is 15.2. The van der Waals surface area contributed by atoms with E-state index in [9.17, 15) is 18.0 Å². The monoisotopic (exact) mass is 307 g/mol.